The van der Waals surface area contributed by atoms with Crippen LogP contribution in [0.5, 0.6) is 11.5 Å². The molecule has 0 radical (unpaired) electrons. The van der Waals surface area contributed by atoms with Crippen LogP contribution in [0.4, 0.5) is 4.39 Å². The summed E-state index contributed by atoms with van der Waals surface area (Å²) in [6.45, 7) is 6.48. The number of ether oxygens (including phenoxy) is 2. The second kappa shape index (κ2) is 9.90. The summed E-state index contributed by atoms with van der Waals surface area (Å²) in [4.78, 5) is 0. The van der Waals surface area contributed by atoms with Crippen molar-refractivity contribution in [1.82, 2.24) is 5.32 Å². The van der Waals surface area contributed by atoms with Crippen molar-refractivity contribution < 1.29 is 13.9 Å². The molecule has 0 aliphatic rings. The Labute approximate surface area is 166 Å². The summed E-state index contributed by atoms with van der Waals surface area (Å²) in [5.41, 5.74) is 4.50. The fourth-order valence-corrected chi connectivity index (χ4v) is 2.97. The van der Waals surface area contributed by atoms with Gasteiger partial charge < -0.3 is 14.8 Å². The fourth-order valence-electron chi connectivity index (χ4n) is 2.97. The zero-order chi connectivity index (χ0) is 19.8. The Morgan fingerprint density at radius 1 is 0.786 bits per heavy atom. The summed E-state index contributed by atoms with van der Waals surface area (Å²) in [6, 6.07) is 20.8. The topological polar surface area (TPSA) is 30.5 Å². The number of aryl methyl sites for hydroxylation is 1. The van der Waals surface area contributed by atoms with Crippen LogP contribution in [0.3, 0.4) is 0 Å². The summed E-state index contributed by atoms with van der Waals surface area (Å²) < 4.78 is 24.7. The highest BCUT2D eigenvalue weighted by atomic mass is 19.1. The first kappa shape index (κ1) is 19.9. The predicted molar refractivity (Wildman–Crippen MR) is 110 cm³/mol. The highest BCUT2D eigenvalue weighted by Crippen LogP contribution is 2.29. The molecule has 3 aromatic carbocycles. The number of halogens is 1. The quantitative estimate of drug-likeness (QED) is 0.540. The third-order valence-corrected chi connectivity index (χ3v) is 4.36. The third kappa shape index (κ3) is 5.83. The van der Waals surface area contributed by atoms with Crippen molar-refractivity contribution in [2.75, 3.05) is 6.61 Å². The molecule has 0 fully saturated rings. The number of hydrogen-bond donors (Lipinski definition) is 1. The Hall–Kier alpha value is -2.85. The molecule has 28 heavy (non-hydrogen) atoms. The molecule has 0 unspecified atom stereocenters. The van der Waals surface area contributed by atoms with Gasteiger partial charge in [-0.15, -0.1) is 0 Å². The molecule has 0 saturated carbocycles. The van der Waals surface area contributed by atoms with E-state index >= 15 is 0 Å². The van der Waals surface area contributed by atoms with Crippen LogP contribution >= 0.6 is 0 Å². The lowest BCUT2D eigenvalue weighted by atomic mass is 10.1. The average molecular weight is 379 g/mol. The number of nitrogens with one attached hydrogen (secondary N) is 1. The van der Waals surface area contributed by atoms with Crippen LogP contribution in [-0.4, -0.2) is 6.61 Å². The Balaban J connectivity index is 1.60. The lowest BCUT2D eigenvalue weighted by Crippen LogP contribution is -2.13. The molecule has 0 aromatic heterocycles. The molecule has 0 aliphatic heterocycles. The predicted octanol–water partition coefficient (Wildman–Crippen LogP) is 5.40. The molecule has 0 amide bonds. The van der Waals surface area contributed by atoms with Crippen molar-refractivity contribution in [2.45, 2.75) is 33.5 Å². The lowest BCUT2D eigenvalue weighted by Gasteiger charge is -2.14. The SMILES string of the molecule is CCOc1cc(CNCc2ccc(F)cc2)ccc1OCc1cccc(C)c1. The molecule has 0 bridgehead atoms. The first-order valence-corrected chi connectivity index (χ1v) is 9.53. The number of rotatable bonds is 9. The molecule has 0 saturated heterocycles. The first-order valence-electron chi connectivity index (χ1n) is 9.53. The van der Waals surface area contributed by atoms with Crippen LogP contribution in [0.25, 0.3) is 0 Å². The van der Waals surface area contributed by atoms with Gasteiger partial charge in [0.05, 0.1) is 6.61 Å². The van der Waals surface area contributed by atoms with E-state index in [2.05, 4.69) is 30.4 Å². The monoisotopic (exact) mass is 379 g/mol. The van der Waals surface area contributed by atoms with Crippen molar-refractivity contribution in [3.63, 3.8) is 0 Å². The van der Waals surface area contributed by atoms with Crippen LogP contribution in [0, 0.1) is 12.7 Å². The van der Waals surface area contributed by atoms with Crippen molar-refractivity contribution in [3.8, 4) is 11.5 Å². The smallest absolute Gasteiger partial charge is 0.161 e. The van der Waals surface area contributed by atoms with Crippen molar-refractivity contribution in [3.05, 3.63) is 94.8 Å². The second-order valence-corrected chi connectivity index (χ2v) is 6.72. The van der Waals surface area contributed by atoms with Crippen LogP contribution in [0.15, 0.2) is 66.7 Å². The highest BCUT2D eigenvalue weighted by molar-refractivity contribution is 5.43. The minimum atomic E-state index is -0.216. The van der Waals surface area contributed by atoms with Gasteiger partial charge in [0.2, 0.25) is 0 Å². The molecule has 146 valence electrons. The number of hydrogen-bond acceptors (Lipinski definition) is 3. The normalized spacial score (nSPS) is 10.7. The third-order valence-electron chi connectivity index (χ3n) is 4.36. The molecule has 0 aliphatic carbocycles. The summed E-state index contributed by atoms with van der Waals surface area (Å²) in [5, 5.41) is 3.37. The second-order valence-electron chi connectivity index (χ2n) is 6.72. The van der Waals surface area contributed by atoms with E-state index in [1.165, 1.54) is 17.7 Å². The van der Waals surface area contributed by atoms with E-state index in [1.54, 1.807) is 12.1 Å². The van der Waals surface area contributed by atoms with Crippen LogP contribution < -0.4 is 14.8 Å². The Morgan fingerprint density at radius 2 is 1.54 bits per heavy atom. The maximum atomic E-state index is 13.0. The molecular formula is C24H26FNO2. The molecule has 3 rings (SSSR count). The van der Waals surface area contributed by atoms with Gasteiger partial charge in [-0.25, -0.2) is 4.39 Å². The van der Waals surface area contributed by atoms with E-state index in [-0.39, 0.29) is 5.82 Å². The molecule has 0 atom stereocenters. The van der Waals surface area contributed by atoms with E-state index < -0.39 is 0 Å². The van der Waals surface area contributed by atoms with E-state index in [1.807, 2.05) is 31.2 Å². The van der Waals surface area contributed by atoms with Crippen LogP contribution in [-0.2, 0) is 19.7 Å². The van der Waals surface area contributed by atoms with Crippen molar-refractivity contribution >= 4 is 0 Å². The molecule has 0 heterocycles. The molecule has 4 heteroatoms. The zero-order valence-electron chi connectivity index (χ0n) is 16.4. The van der Waals surface area contributed by atoms with Crippen LogP contribution in [0.2, 0.25) is 0 Å². The highest BCUT2D eigenvalue weighted by Gasteiger charge is 2.07. The van der Waals surface area contributed by atoms with Gasteiger partial charge in [-0.3, -0.25) is 0 Å². The molecule has 1 N–H and O–H groups in total. The standard InChI is InChI=1S/C24H26FNO2/c1-3-27-24-14-20(16-26-15-19-7-10-22(25)11-8-19)9-12-23(24)28-17-21-6-4-5-18(2)13-21/h4-14,26H,3,15-17H2,1-2H3. The Kier molecular flexibility index (Phi) is 7.04. The average Bonchev–Trinajstić information content (AvgIpc) is 2.69. The van der Waals surface area contributed by atoms with Crippen molar-refractivity contribution in [1.29, 1.82) is 0 Å². The maximum absolute atomic E-state index is 13.0. The van der Waals surface area contributed by atoms with E-state index in [0.29, 0.717) is 26.3 Å². The summed E-state index contributed by atoms with van der Waals surface area (Å²) in [7, 11) is 0. The largest absolute Gasteiger partial charge is 0.490 e. The first-order chi connectivity index (χ1) is 13.6. The van der Waals surface area contributed by atoms with Gasteiger partial charge in [-0.2, -0.15) is 0 Å². The zero-order valence-corrected chi connectivity index (χ0v) is 16.4. The summed E-state index contributed by atoms with van der Waals surface area (Å²) >= 11 is 0. The van der Waals surface area contributed by atoms with Gasteiger partial charge in [0.25, 0.3) is 0 Å². The minimum Gasteiger partial charge on any atom is -0.490 e. The fraction of sp³-hybridized carbons (Fsp3) is 0.250. The van der Waals surface area contributed by atoms with Crippen molar-refractivity contribution in [2.24, 2.45) is 0 Å². The molecule has 0 spiro atoms. The Bertz CT molecular complexity index is 893. The van der Waals surface area contributed by atoms with Gasteiger partial charge in [-0.05, 0) is 54.8 Å². The van der Waals surface area contributed by atoms with Gasteiger partial charge >= 0.3 is 0 Å². The number of benzene rings is 3. The summed E-state index contributed by atoms with van der Waals surface area (Å²) in [6.07, 6.45) is 0. The summed E-state index contributed by atoms with van der Waals surface area (Å²) in [5.74, 6) is 1.27. The Morgan fingerprint density at radius 3 is 2.29 bits per heavy atom. The maximum Gasteiger partial charge on any atom is 0.161 e. The van der Waals surface area contributed by atoms with E-state index in [0.717, 1.165) is 28.2 Å². The molecule has 3 aromatic rings. The molecular weight excluding hydrogens is 353 g/mol. The van der Waals surface area contributed by atoms with E-state index in [9.17, 15) is 4.39 Å². The van der Waals surface area contributed by atoms with Gasteiger partial charge in [0.15, 0.2) is 11.5 Å². The van der Waals surface area contributed by atoms with Gasteiger partial charge in [-0.1, -0.05) is 48.0 Å². The van der Waals surface area contributed by atoms with E-state index in [4.69, 9.17) is 9.47 Å². The van der Waals surface area contributed by atoms with Gasteiger partial charge in [0, 0.05) is 13.1 Å². The van der Waals surface area contributed by atoms with Gasteiger partial charge in [0.1, 0.15) is 12.4 Å². The molecule has 3 nitrogen and oxygen atoms in total. The minimum absolute atomic E-state index is 0.216. The van der Waals surface area contributed by atoms with Crippen LogP contribution in [0.1, 0.15) is 29.2 Å². The lowest BCUT2D eigenvalue weighted by molar-refractivity contribution is 0.269.